The number of para-hydroxylation sites is 2. The third kappa shape index (κ3) is 9.46. The molecule has 2 aromatic heterocycles. The first-order chi connectivity index (χ1) is 26.8. The summed E-state index contributed by atoms with van der Waals surface area (Å²) in [4.78, 5) is 17.0. The second-order valence-corrected chi connectivity index (χ2v) is 14.7. The number of pyridine rings is 1. The summed E-state index contributed by atoms with van der Waals surface area (Å²) in [6.45, 7) is 10.2. The molecule has 0 atom stereocenters. The first-order valence-corrected chi connectivity index (χ1v) is 19.3. The summed E-state index contributed by atoms with van der Waals surface area (Å²) in [7, 11) is 2.03. The van der Waals surface area contributed by atoms with E-state index in [2.05, 4.69) is 76.1 Å². The number of nitrogens with zero attached hydrogens (tertiary/aromatic N) is 5. The van der Waals surface area contributed by atoms with Crippen molar-refractivity contribution in [1.82, 2.24) is 24.8 Å². The normalized spacial score (nSPS) is 13.0. The van der Waals surface area contributed by atoms with Crippen LogP contribution in [-0.4, -0.2) is 58.0 Å². The van der Waals surface area contributed by atoms with E-state index in [9.17, 15) is 5.26 Å². The minimum absolute atomic E-state index is 0.228. The minimum atomic E-state index is 0.228. The predicted molar refractivity (Wildman–Crippen MR) is 217 cm³/mol. The van der Waals surface area contributed by atoms with E-state index in [0.717, 1.165) is 74.5 Å². The number of rotatable bonds is 16. The van der Waals surface area contributed by atoms with Crippen LogP contribution in [0.5, 0.6) is 17.2 Å². The van der Waals surface area contributed by atoms with Gasteiger partial charge in [0.05, 0.1) is 34.8 Å². The van der Waals surface area contributed by atoms with Crippen LogP contribution < -0.4 is 14.2 Å². The van der Waals surface area contributed by atoms with E-state index in [4.69, 9.17) is 30.8 Å². The molecule has 0 bridgehead atoms. The molecule has 1 aliphatic heterocycles. The SMILES string of the molecule is Cc1c(COc2cc(OCc3cncc(C#N)c3)c(CN(C)Cc3nc4ccccc4[nH]3)cc2Cl)cccc1-c1cccc(OCCCN2CCCC2)c1C. The minimum Gasteiger partial charge on any atom is -0.493 e. The molecular weight excluding hydrogens is 708 g/mol. The first-order valence-electron chi connectivity index (χ1n) is 18.9. The summed E-state index contributed by atoms with van der Waals surface area (Å²) in [5, 5.41) is 9.89. The lowest BCUT2D eigenvalue weighted by Crippen LogP contribution is -2.22. The number of benzene rings is 4. The number of likely N-dealkylation sites (tertiary alicyclic amines) is 1. The molecule has 3 heterocycles. The topological polar surface area (TPSA) is 99.5 Å². The number of imidazole rings is 1. The average Bonchev–Trinajstić information content (AvgIpc) is 3.87. The Balaban J connectivity index is 1.07. The van der Waals surface area contributed by atoms with Crippen molar-refractivity contribution in [2.75, 3.05) is 33.3 Å². The van der Waals surface area contributed by atoms with E-state index in [1.54, 1.807) is 12.3 Å². The number of ether oxygens (including phenoxy) is 3. The first kappa shape index (κ1) is 37.9. The van der Waals surface area contributed by atoms with Gasteiger partial charge < -0.3 is 24.1 Å². The molecule has 55 heavy (non-hydrogen) atoms. The van der Waals surface area contributed by atoms with Crippen LogP contribution in [0.1, 0.15) is 58.5 Å². The predicted octanol–water partition coefficient (Wildman–Crippen LogP) is 9.42. The van der Waals surface area contributed by atoms with E-state index in [-0.39, 0.29) is 6.61 Å². The Hall–Kier alpha value is -5.40. The van der Waals surface area contributed by atoms with Crippen molar-refractivity contribution in [3.63, 3.8) is 0 Å². The Bertz CT molecular complexity index is 2260. The van der Waals surface area contributed by atoms with E-state index in [0.29, 0.717) is 48.4 Å². The summed E-state index contributed by atoms with van der Waals surface area (Å²) in [5.41, 5.74) is 9.72. The lowest BCUT2D eigenvalue weighted by Gasteiger charge is -2.20. The monoisotopic (exact) mass is 754 g/mol. The second-order valence-electron chi connectivity index (χ2n) is 14.3. The lowest BCUT2D eigenvalue weighted by atomic mass is 9.93. The molecule has 0 amide bonds. The van der Waals surface area contributed by atoms with Gasteiger partial charge in [-0.3, -0.25) is 9.88 Å². The van der Waals surface area contributed by atoms with Crippen LogP contribution >= 0.6 is 11.6 Å². The molecule has 0 unspecified atom stereocenters. The fraction of sp³-hybridized carbons (Fsp3) is 0.311. The van der Waals surface area contributed by atoms with Gasteiger partial charge in [0.25, 0.3) is 0 Å². The molecule has 10 heteroatoms. The van der Waals surface area contributed by atoms with Gasteiger partial charge in [-0.15, -0.1) is 0 Å². The van der Waals surface area contributed by atoms with Crippen molar-refractivity contribution < 1.29 is 14.2 Å². The summed E-state index contributed by atoms with van der Waals surface area (Å²) in [6, 6.07) is 28.3. The Kier molecular flexibility index (Phi) is 12.3. The molecule has 0 saturated carbocycles. The maximum atomic E-state index is 9.39. The molecular formula is C45H47ClN6O3. The van der Waals surface area contributed by atoms with E-state index in [1.165, 1.54) is 32.1 Å². The highest BCUT2D eigenvalue weighted by Gasteiger charge is 2.17. The van der Waals surface area contributed by atoms with Crippen LogP contribution in [-0.2, 0) is 26.3 Å². The molecule has 7 rings (SSSR count). The van der Waals surface area contributed by atoms with E-state index < -0.39 is 0 Å². The van der Waals surface area contributed by atoms with Crippen LogP contribution in [0.3, 0.4) is 0 Å². The van der Waals surface area contributed by atoms with Gasteiger partial charge in [0.2, 0.25) is 0 Å². The summed E-state index contributed by atoms with van der Waals surface area (Å²) in [5.74, 6) is 2.96. The van der Waals surface area contributed by atoms with Crippen molar-refractivity contribution >= 4 is 22.6 Å². The largest absolute Gasteiger partial charge is 0.493 e. The zero-order valence-electron chi connectivity index (χ0n) is 31.8. The van der Waals surface area contributed by atoms with Crippen LogP contribution in [0, 0.1) is 25.2 Å². The zero-order valence-corrected chi connectivity index (χ0v) is 32.5. The van der Waals surface area contributed by atoms with Crippen molar-refractivity contribution in [1.29, 1.82) is 5.26 Å². The molecule has 0 aliphatic carbocycles. The fourth-order valence-electron chi connectivity index (χ4n) is 7.24. The fourth-order valence-corrected chi connectivity index (χ4v) is 7.48. The number of aromatic amines is 1. The van der Waals surface area contributed by atoms with Gasteiger partial charge in [-0.2, -0.15) is 5.26 Å². The van der Waals surface area contributed by atoms with Gasteiger partial charge in [0.1, 0.15) is 42.4 Å². The molecule has 0 radical (unpaired) electrons. The third-order valence-corrected chi connectivity index (χ3v) is 10.5. The Morgan fingerprint density at radius 2 is 1.60 bits per heavy atom. The van der Waals surface area contributed by atoms with Gasteiger partial charge in [0.15, 0.2) is 0 Å². The number of hydrogen-bond donors (Lipinski definition) is 1. The van der Waals surface area contributed by atoms with Crippen molar-refractivity contribution in [2.45, 2.75) is 59.4 Å². The highest BCUT2D eigenvalue weighted by Crippen LogP contribution is 2.37. The van der Waals surface area contributed by atoms with Crippen LogP contribution in [0.15, 0.2) is 91.3 Å². The van der Waals surface area contributed by atoms with E-state index in [1.807, 2.05) is 43.4 Å². The second kappa shape index (κ2) is 17.8. The summed E-state index contributed by atoms with van der Waals surface area (Å²) < 4.78 is 19.1. The Labute approximate surface area is 328 Å². The highest BCUT2D eigenvalue weighted by atomic mass is 35.5. The molecule has 282 valence electrons. The molecule has 4 aromatic carbocycles. The average molecular weight is 755 g/mol. The quantitative estimate of drug-likeness (QED) is 0.0977. The summed E-state index contributed by atoms with van der Waals surface area (Å²) in [6.07, 6.45) is 6.88. The van der Waals surface area contributed by atoms with Gasteiger partial charge >= 0.3 is 0 Å². The molecule has 1 aliphatic rings. The molecule has 1 N–H and O–H groups in total. The maximum Gasteiger partial charge on any atom is 0.142 e. The Morgan fingerprint density at radius 3 is 2.42 bits per heavy atom. The highest BCUT2D eigenvalue weighted by molar-refractivity contribution is 6.32. The van der Waals surface area contributed by atoms with Crippen LogP contribution in [0.2, 0.25) is 5.02 Å². The lowest BCUT2D eigenvalue weighted by molar-refractivity contribution is 0.262. The number of nitriles is 1. The maximum absolute atomic E-state index is 9.39. The zero-order chi connectivity index (χ0) is 38.1. The van der Waals surface area contributed by atoms with Gasteiger partial charge in [-0.25, -0.2) is 4.98 Å². The Morgan fingerprint density at radius 1 is 0.818 bits per heavy atom. The molecule has 1 saturated heterocycles. The number of H-pyrrole nitrogens is 1. The molecule has 1 fully saturated rings. The van der Waals surface area contributed by atoms with Gasteiger partial charge in [-0.05, 0) is 111 Å². The number of hydrogen-bond acceptors (Lipinski definition) is 8. The molecule has 0 spiro atoms. The van der Waals surface area contributed by atoms with Crippen molar-refractivity contribution in [3.8, 4) is 34.4 Å². The molecule has 6 aromatic rings. The van der Waals surface area contributed by atoms with Crippen molar-refractivity contribution in [3.05, 3.63) is 135 Å². The van der Waals surface area contributed by atoms with Gasteiger partial charge in [0, 0.05) is 42.7 Å². The number of nitrogens with one attached hydrogen (secondary N) is 1. The standard InChI is InChI=1S/C45H47ClN6O3/c1-31-35(11-8-12-37(31)38-13-9-16-42(32(38)2)53-20-10-19-52-17-6-7-18-52)30-55-44-23-43(54-29-34-21-33(24-47)25-48-26-34)36(22-39(44)46)27-51(3)28-45-49-40-14-4-5-15-41(40)50-45/h4-5,8-9,11-16,21-23,25-26H,6-7,10,17-20,27-30H2,1-3H3,(H,49,50). The number of halogens is 1. The van der Waals surface area contributed by atoms with Crippen LogP contribution in [0.25, 0.3) is 22.2 Å². The van der Waals surface area contributed by atoms with E-state index >= 15 is 0 Å². The van der Waals surface area contributed by atoms with Crippen LogP contribution in [0.4, 0.5) is 0 Å². The number of fused-ring (bicyclic) bond motifs is 1. The number of aromatic nitrogens is 3. The third-order valence-electron chi connectivity index (χ3n) is 10.2. The van der Waals surface area contributed by atoms with Gasteiger partial charge in [-0.1, -0.05) is 54.1 Å². The summed E-state index contributed by atoms with van der Waals surface area (Å²) >= 11 is 6.94. The van der Waals surface area contributed by atoms with Crippen molar-refractivity contribution in [2.24, 2.45) is 0 Å². The molecule has 9 nitrogen and oxygen atoms in total. The smallest absolute Gasteiger partial charge is 0.142 e.